The average molecular weight is 352 g/mol. The molecule has 0 saturated heterocycles. The average Bonchev–Trinajstić information content (AvgIpc) is 3.05. The van der Waals surface area contributed by atoms with E-state index in [-0.39, 0.29) is 0 Å². The predicted molar refractivity (Wildman–Crippen MR) is 110 cm³/mol. The minimum atomic E-state index is 0.332. The van der Waals surface area contributed by atoms with Gasteiger partial charge in [0.25, 0.3) is 0 Å². The Labute approximate surface area is 158 Å². The van der Waals surface area contributed by atoms with Crippen LogP contribution in [0.4, 0.5) is 0 Å². The van der Waals surface area contributed by atoms with Gasteiger partial charge in [-0.1, -0.05) is 74.6 Å². The molecule has 1 aliphatic carbocycles. The van der Waals surface area contributed by atoms with Crippen LogP contribution in [0, 0.1) is 0 Å². The van der Waals surface area contributed by atoms with Gasteiger partial charge in [-0.25, -0.2) is 0 Å². The molecule has 2 aromatic rings. The van der Waals surface area contributed by atoms with Gasteiger partial charge in [0.2, 0.25) is 0 Å². The number of hydrogen-bond donors (Lipinski definition) is 1. The first kappa shape index (κ1) is 19.1. The van der Waals surface area contributed by atoms with Gasteiger partial charge in [0.15, 0.2) is 0 Å². The Morgan fingerprint density at radius 3 is 2.46 bits per heavy atom. The molecule has 0 aliphatic heterocycles. The van der Waals surface area contributed by atoms with E-state index in [2.05, 4.69) is 49.4 Å². The fraction of sp³-hybridized carbons (Fsp3) is 0.500. The highest BCUT2D eigenvalue weighted by atomic mass is 16.5. The minimum absolute atomic E-state index is 0.332. The van der Waals surface area contributed by atoms with Crippen LogP contribution in [0.15, 0.2) is 42.5 Å². The summed E-state index contributed by atoms with van der Waals surface area (Å²) in [6.07, 6.45) is 10.2. The lowest BCUT2D eigenvalue weighted by atomic mass is 10.0. The Morgan fingerprint density at radius 1 is 0.885 bits per heavy atom. The molecular formula is C24H33NO. The van der Waals surface area contributed by atoms with Gasteiger partial charge >= 0.3 is 0 Å². The fourth-order valence-electron chi connectivity index (χ4n) is 3.96. The molecule has 0 amide bonds. The molecule has 0 heterocycles. The number of benzene rings is 2. The van der Waals surface area contributed by atoms with Crippen molar-refractivity contribution < 1.29 is 4.74 Å². The van der Waals surface area contributed by atoms with Crippen LogP contribution in [-0.2, 0) is 17.8 Å². The van der Waals surface area contributed by atoms with Crippen LogP contribution < -0.4 is 5.73 Å². The van der Waals surface area contributed by atoms with Gasteiger partial charge in [0, 0.05) is 0 Å². The monoisotopic (exact) mass is 351 g/mol. The normalized spacial score (nSPS) is 13.5. The van der Waals surface area contributed by atoms with Crippen LogP contribution in [0.5, 0.6) is 0 Å². The number of ether oxygens (including phenoxy) is 1. The molecular weight excluding hydrogens is 318 g/mol. The van der Waals surface area contributed by atoms with E-state index in [1.807, 2.05) is 0 Å². The first-order valence-corrected chi connectivity index (χ1v) is 10.3. The van der Waals surface area contributed by atoms with Gasteiger partial charge in [-0.15, -0.1) is 0 Å². The lowest BCUT2D eigenvalue weighted by Crippen LogP contribution is -2.09. The van der Waals surface area contributed by atoms with Crippen molar-refractivity contribution in [2.45, 2.75) is 71.0 Å². The predicted octanol–water partition coefficient (Wildman–Crippen LogP) is 5.85. The van der Waals surface area contributed by atoms with Gasteiger partial charge < -0.3 is 10.5 Å². The zero-order chi connectivity index (χ0) is 18.2. The lowest BCUT2D eigenvalue weighted by molar-refractivity contribution is 0.0456. The van der Waals surface area contributed by atoms with Crippen LogP contribution in [0.2, 0.25) is 0 Å². The largest absolute Gasteiger partial charge is 0.374 e. The van der Waals surface area contributed by atoms with Crippen molar-refractivity contribution in [1.29, 1.82) is 0 Å². The second-order valence-corrected chi connectivity index (χ2v) is 7.60. The number of rotatable bonds is 11. The first-order valence-electron chi connectivity index (χ1n) is 10.3. The second-order valence-electron chi connectivity index (χ2n) is 7.60. The fourth-order valence-corrected chi connectivity index (χ4v) is 3.96. The highest BCUT2D eigenvalue weighted by molar-refractivity contribution is 5.77. The SMILES string of the molecule is CC(CCCCCCCCN)OCc1cccc2c1Cc1ccccc1-2. The summed E-state index contributed by atoms with van der Waals surface area (Å²) in [5.41, 5.74) is 12.6. The van der Waals surface area contributed by atoms with E-state index in [9.17, 15) is 0 Å². The molecule has 140 valence electrons. The molecule has 2 heteroatoms. The summed E-state index contributed by atoms with van der Waals surface area (Å²) >= 11 is 0. The summed E-state index contributed by atoms with van der Waals surface area (Å²) in [6.45, 7) is 3.78. The Hall–Kier alpha value is -1.64. The molecule has 0 radical (unpaired) electrons. The van der Waals surface area contributed by atoms with Crippen molar-refractivity contribution in [3.8, 4) is 11.1 Å². The van der Waals surface area contributed by atoms with Crippen LogP contribution in [0.3, 0.4) is 0 Å². The molecule has 0 bridgehead atoms. The number of hydrogen-bond acceptors (Lipinski definition) is 2. The highest BCUT2D eigenvalue weighted by Gasteiger charge is 2.20. The van der Waals surface area contributed by atoms with Crippen molar-refractivity contribution in [3.05, 3.63) is 59.2 Å². The third-order valence-electron chi connectivity index (χ3n) is 5.54. The number of unbranched alkanes of at least 4 members (excludes halogenated alkanes) is 5. The van der Waals surface area contributed by atoms with Crippen LogP contribution in [-0.4, -0.2) is 12.6 Å². The molecule has 1 aliphatic rings. The van der Waals surface area contributed by atoms with Gasteiger partial charge in [0.1, 0.15) is 0 Å². The van der Waals surface area contributed by atoms with Crippen molar-refractivity contribution >= 4 is 0 Å². The summed E-state index contributed by atoms with van der Waals surface area (Å²) < 4.78 is 6.18. The molecule has 0 aromatic heterocycles. The van der Waals surface area contributed by atoms with E-state index < -0.39 is 0 Å². The maximum atomic E-state index is 6.18. The molecule has 2 nitrogen and oxygen atoms in total. The maximum Gasteiger partial charge on any atom is 0.0723 e. The number of fused-ring (bicyclic) bond motifs is 3. The third kappa shape index (κ3) is 4.96. The molecule has 26 heavy (non-hydrogen) atoms. The quantitative estimate of drug-likeness (QED) is 0.440. The molecule has 1 atom stereocenters. The Morgan fingerprint density at radius 2 is 1.62 bits per heavy atom. The molecule has 1 unspecified atom stereocenters. The van der Waals surface area contributed by atoms with Crippen molar-refractivity contribution in [3.63, 3.8) is 0 Å². The van der Waals surface area contributed by atoms with Gasteiger partial charge in [0.05, 0.1) is 12.7 Å². The summed E-state index contributed by atoms with van der Waals surface area (Å²) in [7, 11) is 0. The Bertz CT molecular complexity index is 694. The number of nitrogens with two attached hydrogens (primary N) is 1. The Balaban J connectivity index is 1.43. The summed E-state index contributed by atoms with van der Waals surface area (Å²) in [6, 6.07) is 15.4. The molecule has 0 fully saturated rings. The van der Waals surface area contributed by atoms with E-state index in [0.29, 0.717) is 6.10 Å². The van der Waals surface area contributed by atoms with Crippen molar-refractivity contribution in [1.82, 2.24) is 0 Å². The summed E-state index contributed by atoms with van der Waals surface area (Å²) in [5, 5.41) is 0. The van der Waals surface area contributed by atoms with E-state index in [1.165, 1.54) is 66.3 Å². The zero-order valence-electron chi connectivity index (χ0n) is 16.2. The van der Waals surface area contributed by atoms with E-state index in [1.54, 1.807) is 0 Å². The summed E-state index contributed by atoms with van der Waals surface area (Å²) in [4.78, 5) is 0. The van der Waals surface area contributed by atoms with Crippen molar-refractivity contribution in [2.75, 3.05) is 6.54 Å². The second kappa shape index (κ2) is 9.89. The van der Waals surface area contributed by atoms with E-state index in [4.69, 9.17) is 10.5 Å². The third-order valence-corrected chi connectivity index (χ3v) is 5.54. The van der Waals surface area contributed by atoms with E-state index in [0.717, 1.165) is 26.0 Å². The highest BCUT2D eigenvalue weighted by Crippen LogP contribution is 2.38. The van der Waals surface area contributed by atoms with Crippen LogP contribution >= 0.6 is 0 Å². The minimum Gasteiger partial charge on any atom is -0.374 e. The lowest BCUT2D eigenvalue weighted by Gasteiger charge is -2.15. The van der Waals surface area contributed by atoms with Gasteiger partial charge in [-0.3, -0.25) is 0 Å². The zero-order valence-corrected chi connectivity index (χ0v) is 16.2. The smallest absolute Gasteiger partial charge is 0.0723 e. The topological polar surface area (TPSA) is 35.2 Å². The van der Waals surface area contributed by atoms with E-state index >= 15 is 0 Å². The Kier molecular flexibility index (Phi) is 7.28. The molecule has 3 rings (SSSR count). The molecule has 2 aromatic carbocycles. The molecule has 2 N–H and O–H groups in total. The van der Waals surface area contributed by atoms with Crippen LogP contribution in [0.1, 0.15) is 68.6 Å². The first-order chi connectivity index (χ1) is 12.8. The standard InChI is InChI=1S/C24H33NO/c1-19(11-6-4-2-3-5-9-16-25)26-18-21-13-10-15-23-22-14-8-7-12-20(22)17-24(21)23/h7-8,10,12-15,19H,2-6,9,11,16-18,25H2,1H3. The summed E-state index contributed by atoms with van der Waals surface area (Å²) in [5.74, 6) is 0. The van der Waals surface area contributed by atoms with Crippen molar-refractivity contribution in [2.24, 2.45) is 5.73 Å². The van der Waals surface area contributed by atoms with Gasteiger partial charge in [-0.05, 0) is 60.5 Å². The molecule has 0 saturated carbocycles. The van der Waals surface area contributed by atoms with Crippen LogP contribution in [0.25, 0.3) is 11.1 Å². The maximum absolute atomic E-state index is 6.18. The molecule has 0 spiro atoms. The van der Waals surface area contributed by atoms with Gasteiger partial charge in [-0.2, -0.15) is 0 Å².